The van der Waals surface area contributed by atoms with E-state index >= 15 is 0 Å². The van der Waals surface area contributed by atoms with Crippen molar-refractivity contribution in [3.05, 3.63) is 57.8 Å². The van der Waals surface area contributed by atoms with Gasteiger partial charge in [0.2, 0.25) is 0 Å². The normalized spacial score (nSPS) is 12.2. The number of hydrogen-bond acceptors (Lipinski definition) is 2. The van der Waals surface area contributed by atoms with Gasteiger partial charge in [-0.2, -0.15) is 0 Å². The summed E-state index contributed by atoms with van der Waals surface area (Å²) in [6.07, 6.45) is 0.710. The smallest absolute Gasteiger partial charge is 0.126 e. The Labute approximate surface area is 127 Å². The van der Waals surface area contributed by atoms with E-state index in [0.29, 0.717) is 12.1 Å². The molecular weight excluding hydrogens is 300 g/mol. The van der Waals surface area contributed by atoms with E-state index in [1.54, 1.807) is 12.1 Å². The Kier molecular flexibility index (Phi) is 4.73. The van der Waals surface area contributed by atoms with Crippen molar-refractivity contribution in [1.82, 2.24) is 0 Å². The summed E-state index contributed by atoms with van der Waals surface area (Å²) < 4.78 is 13.2. The minimum Gasteiger partial charge on any atom is -0.508 e. The van der Waals surface area contributed by atoms with Gasteiger partial charge in [-0.1, -0.05) is 48.3 Å². The maximum absolute atomic E-state index is 13.2. The summed E-state index contributed by atoms with van der Waals surface area (Å²) in [5.74, 6) is -0.289. The lowest BCUT2D eigenvalue weighted by Gasteiger charge is -2.21. The van der Waals surface area contributed by atoms with Crippen LogP contribution < -0.4 is 5.32 Å². The molecule has 2 aromatic carbocycles. The first-order valence-electron chi connectivity index (χ1n) is 6.22. The van der Waals surface area contributed by atoms with Gasteiger partial charge in [0.05, 0.1) is 21.8 Å². The molecule has 0 fully saturated rings. The number of phenolic OH excluding ortho intramolecular Hbond substituents is 1. The van der Waals surface area contributed by atoms with Crippen molar-refractivity contribution in [1.29, 1.82) is 0 Å². The van der Waals surface area contributed by atoms with Crippen LogP contribution in [0.15, 0.2) is 36.4 Å². The van der Waals surface area contributed by atoms with Gasteiger partial charge in [0.15, 0.2) is 0 Å². The molecule has 1 unspecified atom stereocenters. The molecule has 20 heavy (non-hydrogen) atoms. The molecule has 2 nitrogen and oxygen atoms in total. The van der Waals surface area contributed by atoms with E-state index in [9.17, 15) is 9.50 Å². The van der Waals surface area contributed by atoms with Gasteiger partial charge >= 0.3 is 0 Å². The Hall–Kier alpha value is -1.45. The second-order valence-electron chi connectivity index (χ2n) is 4.41. The van der Waals surface area contributed by atoms with E-state index in [-0.39, 0.29) is 21.8 Å². The van der Waals surface area contributed by atoms with Crippen LogP contribution in [-0.2, 0) is 0 Å². The molecule has 5 heteroatoms. The molecule has 2 rings (SSSR count). The molecule has 0 aromatic heterocycles. The van der Waals surface area contributed by atoms with E-state index in [1.165, 1.54) is 12.1 Å². The molecule has 0 radical (unpaired) electrons. The van der Waals surface area contributed by atoms with Gasteiger partial charge in [0, 0.05) is 5.56 Å². The first-order valence-corrected chi connectivity index (χ1v) is 6.97. The van der Waals surface area contributed by atoms with E-state index in [4.69, 9.17) is 23.2 Å². The van der Waals surface area contributed by atoms with Gasteiger partial charge < -0.3 is 10.4 Å². The number of phenols is 1. The van der Waals surface area contributed by atoms with Crippen molar-refractivity contribution in [3.63, 3.8) is 0 Å². The molecule has 106 valence electrons. The summed E-state index contributed by atoms with van der Waals surface area (Å²) in [6.45, 7) is 1.97. The lowest BCUT2D eigenvalue weighted by molar-refractivity contribution is 0.463. The highest BCUT2D eigenvalue weighted by molar-refractivity contribution is 6.39. The van der Waals surface area contributed by atoms with Crippen LogP contribution in [-0.4, -0.2) is 5.11 Å². The van der Waals surface area contributed by atoms with Crippen LogP contribution in [0.25, 0.3) is 0 Å². The molecular formula is C15H14Cl2FNO. The number of nitrogens with one attached hydrogen (secondary N) is 1. The number of anilines is 1. The fourth-order valence-electron chi connectivity index (χ4n) is 2.04. The monoisotopic (exact) mass is 313 g/mol. The Bertz CT molecular complexity index is 596. The lowest BCUT2D eigenvalue weighted by atomic mass is 10.0. The zero-order chi connectivity index (χ0) is 14.7. The van der Waals surface area contributed by atoms with Crippen LogP contribution in [0.2, 0.25) is 10.0 Å². The van der Waals surface area contributed by atoms with E-state index in [0.717, 1.165) is 5.56 Å². The van der Waals surface area contributed by atoms with Crippen LogP contribution in [0.1, 0.15) is 24.9 Å². The highest BCUT2D eigenvalue weighted by Crippen LogP contribution is 2.36. The molecule has 2 aromatic rings. The van der Waals surface area contributed by atoms with Crippen LogP contribution in [0, 0.1) is 5.82 Å². The van der Waals surface area contributed by atoms with Crippen molar-refractivity contribution in [2.24, 2.45) is 0 Å². The molecule has 0 heterocycles. The summed E-state index contributed by atoms with van der Waals surface area (Å²) in [5, 5.41) is 13.5. The minimum atomic E-state index is -0.485. The quantitative estimate of drug-likeness (QED) is 0.792. The highest BCUT2D eigenvalue weighted by atomic mass is 35.5. The standard InChI is InChI=1S/C15H14Cl2FNO/c1-2-13(10-5-3-4-6-14(10)20)19-15-11(16)7-9(18)8-12(15)17/h3-8,13,19-20H,2H2,1H3. The summed E-state index contributed by atoms with van der Waals surface area (Å²) in [6, 6.07) is 9.27. The second-order valence-corrected chi connectivity index (χ2v) is 5.22. The predicted molar refractivity (Wildman–Crippen MR) is 81.2 cm³/mol. The Morgan fingerprint density at radius 1 is 1.20 bits per heavy atom. The zero-order valence-electron chi connectivity index (χ0n) is 10.8. The zero-order valence-corrected chi connectivity index (χ0v) is 12.3. The molecule has 0 spiro atoms. The molecule has 1 atom stereocenters. The average molecular weight is 314 g/mol. The van der Waals surface area contributed by atoms with Gasteiger partial charge in [0.1, 0.15) is 11.6 Å². The number of benzene rings is 2. The van der Waals surface area contributed by atoms with E-state index < -0.39 is 5.82 Å². The van der Waals surface area contributed by atoms with Gasteiger partial charge in [-0.05, 0) is 24.6 Å². The average Bonchev–Trinajstić information content (AvgIpc) is 2.39. The second kappa shape index (κ2) is 6.33. The Morgan fingerprint density at radius 2 is 1.80 bits per heavy atom. The van der Waals surface area contributed by atoms with E-state index in [2.05, 4.69) is 5.32 Å². The first kappa shape index (κ1) is 14.9. The third-order valence-corrected chi connectivity index (χ3v) is 3.64. The number of halogens is 3. The summed E-state index contributed by atoms with van der Waals surface area (Å²) in [5.41, 5.74) is 1.20. The third kappa shape index (κ3) is 3.17. The van der Waals surface area contributed by atoms with Crippen LogP contribution >= 0.6 is 23.2 Å². The number of para-hydroxylation sites is 1. The van der Waals surface area contributed by atoms with Crippen LogP contribution in [0.3, 0.4) is 0 Å². The maximum Gasteiger partial charge on any atom is 0.126 e. The Morgan fingerprint density at radius 3 is 2.35 bits per heavy atom. The predicted octanol–water partition coefficient (Wildman–Crippen LogP) is 5.40. The maximum atomic E-state index is 13.2. The van der Waals surface area contributed by atoms with Gasteiger partial charge in [-0.25, -0.2) is 4.39 Å². The van der Waals surface area contributed by atoms with Crippen molar-refractivity contribution in [2.45, 2.75) is 19.4 Å². The molecule has 0 saturated carbocycles. The number of aromatic hydroxyl groups is 1. The first-order chi connectivity index (χ1) is 9.52. The van der Waals surface area contributed by atoms with Crippen LogP contribution in [0.4, 0.5) is 10.1 Å². The molecule has 0 bridgehead atoms. The molecule has 0 aliphatic rings. The van der Waals surface area contributed by atoms with Gasteiger partial charge in [-0.15, -0.1) is 0 Å². The van der Waals surface area contributed by atoms with Crippen molar-refractivity contribution in [2.75, 3.05) is 5.32 Å². The summed E-state index contributed by atoms with van der Waals surface area (Å²) in [4.78, 5) is 0. The van der Waals surface area contributed by atoms with Crippen LogP contribution in [0.5, 0.6) is 5.75 Å². The fourth-order valence-corrected chi connectivity index (χ4v) is 2.61. The SMILES string of the molecule is CCC(Nc1c(Cl)cc(F)cc1Cl)c1ccccc1O. The highest BCUT2D eigenvalue weighted by Gasteiger charge is 2.16. The molecule has 0 amide bonds. The molecule has 0 aliphatic carbocycles. The lowest BCUT2D eigenvalue weighted by Crippen LogP contribution is -2.10. The molecule has 0 saturated heterocycles. The van der Waals surface area contributed by atoms with Gasteiger partial charge in [-0.3, -0.25) is 0 Å². The number of hydrogen-bond donors (Lipinski definition) is 2. The topological polar surface area (TPSA) is 32.3 Å². The van der Waals surface area contributed by atoms with Gasteiger partial charge in [0.25, 0.3) is 0 Å². The molecule has 2 N–H and O–H groups in total. The number of rotatable bonds is 4. The largest absolute Gasteiger partial charge is 0.508 e. The van der Waals surface area contributed by atoms with Crippen molar-refractivity contribution < 1.29 is 9.50 Å². The summed E-state index contributed by atoms with van der Waals surface area (Å²) in [7, 11) is 0. The van der Waals surface area contributed by atoms with Crippen molar-refractivity contribution >= 4 is 28.9 Å². The third-order valence-electron chi connectivity index (χ3n) is 3.05. The minimum absolute atomic E-state index is 0.170. The van der Waals surface area contributed by atoms with Crippen molar-refractivity contribution in [3.8, 4) is 5.75 Å². The van der Waals surface area contributed by atoms with E-state index in [1.807, 2.05) is 19.1 Å². The summed E-state index contributed by atoms with van der Waals surface area (Å²) >= 11 is 12.0. The fraction of sp³-hybridized carbons (Fsp3) is 0.200. The Balaban J connectivity index is 2.35. The molecule has 0 aliphatic heterocycles.